The SMILES string of the molecule is COC(=O)[C@H](Cc1ccc(-c2ccc(C#N)cc2)cc1)NC(=O)C1Cc2cc3c(cc2CN1S(=O)(=O)c1ccc2nc(NC(=O)OC(C)(C)C)sc2c1)O[C@@H](c1ccc(OCc2ccc(Cl)c(Cl)c2)cc1)CO3. The van der Waals surface area contributed by atoms with Crippen LogP contribution in [0.3, 0.4) is 0 Å². The van der Waals surface area contributed by atoms with Gasteiger partial charge in [0.2, 0.25) is 15.9 Å². The lowest BCUT2D eigenvalue weighted by atomic mass is 9.93. The summed E-state index contributed by atoms with van der Waals surface area (Å²) in [7, 11) is -3.27. The van der Waals surface area contributed by atoms with Gasteiger partial charge < -0.3 is 29.0 Å². The van der Waals surface area contributed by atoms with Gasteiger partial charge in [0.05, 0.1) is 43.9 Å². The second-order valence-electron chi connectivity index (χ2n) is 18.3. The largest absolute Gasteiger partial charge is 0.489 e. The van der Waals surface area contributed by atoms with E-state index in [1.807, 2.05) is 66.7 Å². The lowest BCUT2D eigenvalue weighted by Crippen LogP contribution is -2.56. The molecule has 19 heteroatoms. The number of esters is 1. The highest BCUT2D eigenvalue weighted by Gasteiger charge is 2.42. The molecule has 6 aromatic carbocycles. The van der Waals surface area contributed by atoms with Crippen molar-refractivity contribution in [2.24, 2.45) is 0 Å². The van der Waals surface area contributed by atoms with E-state index in [4.69, 9.17) is 46.9 Å². The Labute approximate surface area is 435 Å². The number of hydrogen-bond acceptors (Lipinski definition) is 13. The normalized spacial score (nSPS) is 15.8. The highest BCUT2D eigenvalue weighted by atomic mass is 35.5. The summed E-state index contributed by atoms with van der Waals surface area (Å²) in [6.07, 6.45) is -1.27. The van der Waals surface area contributed by atoms with Crippen LogP contribution in [0.2, 0.25) is 10.0 Å². The number of nitrogens with one attached hydrogen (secondary N) is 2. The number of sulfonamides is 1. The lowest BCUT2D eigenvalue weighted by molar-refractivity contribution is -0.145. The number of aromatic nitrogens is 1. The summed E-state index contributed by atoms with van der Waals surface area (Å²) in [5.74, 6) is 0.000644. The first-order valence-corrected chi connectivity index (χ1v) is 26.0. The number of amides is 2. The van der Waals surface area contributed by atoms with Gasteiger partial charge in [-0.1, -0.05) is 89.1 Å². The fourth-order valence-corrected chi connectivity index (χ4v) is 11.3. The average Bonchev–Trinajstić information content (AvgIpc) is 3.78. The van der Waals surface area contributed by atoms with Crippen molar-refractivity contribution >= 4 is 77.9 Å². The zero-order chi connectivity index (χ0) is 51.6. The quantitative estimate of drug-likeness (QED) is 0.104. The van der Waals surface area contributed by atoms with Gasteiger partial charge in [-0.2, -0.15) is 9.57 Å². The van der Waals surface area contributed by atoms with E-state index in [2.05, 4.69) is 21.7 Å². The van der Waals surface area contributed by atoms with Crippen LogP contribution >= 0.6 is 34.5 Å². The predicted molar refractivity (Wildman–Crippen MR) is 276 cm³/mol. The maximum Gasteiger partial charge on any atom is 0.413 e. The smallest absolute Gasteiger partial charge is 0.413 e. The number of halogens is 2. The van der Waals surface area contributed by atoms with Crippen LogP contribution in [0.1, 0.15) is 60.3 Å². The molecule has 0 bridgehead atoms. The van der Waals surface area contributed by atoms with Crippen molar-refractivity contribution in [1.82, 2.24) is 14.6 Å². The van der Waals surface area contributed by atoms with Gasteiger partial charge in [-0.25, -0.2) is 23.0 Å². The Morgan fingerprint density at radius 3 is 2.26 bits per heavy atom. The van der Waals surface area contributed by atoms with Crippen LogP contribution in [-0.4, -0.2) is 67.1 Å². The molecule has 2 amide bonds. The fourth-order valence-electron chi connectivity index (χ4n) is 8.40. The zero-order valence-corrected chi connectivity index (χ0v) is 43.0. The van der Waals surface area contributed by atoms with Crippen molar-refractivity contribution in [3.8, 4) is 34.4 Å². The molecule has 0 fully saturated rings. The summed E-state index contributed by atoms with van der Waals surface area (Å²) >= 11 is 13.3. The molecule has 9 rings (SSSR count). The molecule has 0 saturated carbocycles. The number of anilines is 1. The van der Waals surface area contributed by atoms with Crippen molar-refractivity contribution in [2.45, 2.75) is 75.4 Å². The number of hydrogen-bond donors (Lipinski definition) is 2. The molecular formula is C54H47Cl2N5O10S2. The molecule has 0 aliphatic carbocycles. The second kappa shape index (κ2) is 21.1. The van der Waals surface area contributed by atoms with E-state index >= 15 is 8.42 Å². The molecule has 2 aliphatic heterocycles. The third-order valence-electron chi connectivity index (χ3n) is 12.1. The van der Waals surface area contributed by atoms with Crippen LogP contribution in [0.15, 0.2) is 126 Å². The van der Waals surface area contributed by atoms with Gasteiger partial charge in [-0.15, -0.1) is 0 Å². The predicted octanol–water partition coefficient (Wildman–Crippen LogP) is 10.6. The van der Waals surface area contributed by atoms with Crippen LogP contribution in [-0.2, 0) is 55.1 Å². The Hall–Kier alpha value is -7.20. The number of carbonyl (C=O) groups excluding carboxylic acids is 3. The van der Waals surface area contributed by atoms with E-state index in [0.29, 0.717) is 59.8 Å². The summed E-state index contributed by atoms with van der Waals surface area (Å²) in [4.78, 5) is 45.0. The molecule has 374 valence electrons. The number of nitriles is 1. The minimum atomic E-state index is -4.48. The van der Waals surface area contributed by atoms with Gasteiger partial charge in [-0.3, -0.25) is 10.1 Å². The molecule has 15 nitrogen and oxygen atoms in total. The second-order valence-corrected chi connectivity index (χ2v) is 22.0. The van der Waals surface area contributed by atoms with E-state index in [0.717, 1.165) is 37.9 Å². The Balaban J connectivity index is 0.978. The van der Waals surface area contributed by atoms with Crippen LogP contribution in [0, 0.1) is 11.3 Å². The van der Waals surface area contributed by atoms with Gasteiger partial charge in [0, 0.05) is 13.0 Å². The first kappa shape index (κ1) is 50.7. The van der Waals surface area contributed by atoms with Crippen molar-refractivity contribution in [2.75, 3.05) is 19.0 Å². The Morgan fingerprint density at radius 2 is 1.58 bits per heavy atom. The summed E-state index contributed by atoms with van der Waals surface area (Å²) in [6.45, 7) is 5.40. The summed E-state index contributed by atoms with van der Waals surface area (Å²) in [5.41, 5.74) is 5.59. The number of rotatable bonds is 13. The molecule has 1 unspecified atom stereocenters. The molecule has 0 saturated heterocycles. The molecule has 73 heavy (non-hydrogen) atoms. The Morgan fingerprint density at radius 1 is 0.877 bits per heavy atom. The van der Waals surface area contributed by atoms with Crippen molar-refractivity contribution in [1.29, 1.82) is 5.26 Å². The molecule has 3 heterocycles. The topological polar surface area (TPSA) is 195 Å². The Bertz CT molecular complexity index is 3400. The van der Waals surface area contributed by atoms with Crippen LogP contribution in [0.25, 0.3) is 21.3 Å². The molecule has 7 aromatic rings. The number of methoxy groups -OCH3 is 1. The third kappa shape index (κ3) is 11.7. The number of fused-ring (bicyclic) bond motifs is 3. The van der Waals surface area contributed by atoms with Crippen molar-refractivity contribution in [3.63, 3.8) is 0 Å². The third-order valence-corrected chi connectivity index (χ3v) is 15.6. The number of carbonyl (C=O) groups is 3. The van der Waals surface area contributed by atoms with Gasteiger partial charge >= 0.3 is 12.1 Å². The van der Waals surface area contributed by atoms with Crippen molar-refractivity contribution in [3.05, 3.63) is 165 Å². The zero-order valence-electron chi connectivity index (χ0n) is 39.8. The lowest BCUT2D eigenvalue weighted by Gasteiger charge is -2.37. The van der Waals surface area contributed by atoms with Gasteiger partial charge in [-0.05, 0) is 133 Å². The van der Waals surface area contributed by atoms with Crippen LogP contribution < -0.4 is 24.8 Å². The molecule has 0 spiro atoms. The number of ether oxygens (including phenoxy) is 5. The molecule has 2 aliphatic rings. The standard InChI is InChI=1S/C54H47Cl2N5O10S2/c1-54(2,3)71-53(64)60-52-59-43-20-18-40(26-49(43)72-52)73(65,66)61-28-38-25-47-46(69-30-48(70-47)36-14-16-39(17-15-36)68-29-33-9-19-41(55)42(56)21-33)24-37(38)23-45(61)50(62)58-44(51(63)67-4)22-31-5-10-34(11-6-31)35-12-7-32(27-57)8-13-35/h5-21,24-26,44-45,48H,22-23,28-30H2,1-4H3,(H,58,62)(H,59,60,64)/t44-,45?,48+/m0/s1. The van der Waals surface area contributed by atoms with E-state index in [-0.39, 0.29) is 42.6 Å². The van der Waals surface area contributed by atoms with Gasteiger partial charge in [0.15, 0.2) is 22.7 Å². The monoisotopic (exact) mass is 1060 g/mol. The molecule has 1 aromatic heterocycles. The van der Waals surface area contributed by atoms with E-state index in [1.54, 1.807) is 57.2 Å². The summed E-state index contributed by atoms with van der Waals surface area (Å²) in [5, 5.41) is 15.7. The first-order chi connectivity index (χ1) is 34.9. The fraction of sp³-hybridized carbons (Fsp3) is 0.241. The van der Waals surface area contributed by atoms with E-state index in [9.17, 15) is 19.6 Å². The molecule has 0 radical (unpaired) electrons. The van der Waals surface area contributed by atoms with Crippen LogP contribution in [0.4, 0.5) is 9.93 Å². The highest BCUT2D eigenvalue weighted by molar-refractivity contribution is 7.89. The number of nitrogens with zero attached hydrogens (tertiary/aromatic N) is 3. The van der Waals surface area contributed by atoms with Crippen molar-refractivity contribution < 1.29 is 46.5 Å². The minimum Gasteiger partial charge on any atom is -0.489 e. The summed E-state index contributed by atoms with van der Waals surface area (Å²) < 4.78 is 60.9. The van der Waals surface area contributed by atoms with E-state index < -0.39 is 51.8 Å². The van der Waals surface area contributed by atoms with Gasteiger partial charge in [0.1, 0.15) is 36.6 Å². The average molecular weight is 1060 g/mol. The maximum atomic E-state index is 15.0. The number of benzene rings is 6. The Kier molecular flexibility index (Phi) is 14.7. The highest BCUT2D eigenvalue weighted by Crippen LogP contribution is 2.42. The minimum absolute atomic E-state index is 0.0398. The number of thiazole rings is 1. The first-order valence-electron chi connectivity index (χ1n) is 22.9. The van der Waals surface area contributed by atoms with Gasteiger partial charge in [0.25, 0.3) is 0 Å². The molecular weight excluding hydrogens is 1010 g/mol. The molecule has 2 N–H and O–H groups in total. The molecule has 3 atom stereocenters. The summed E-state index contributed by atoms with van der Waals surface area (Å²) in [6, 6.07) is 34.7. The van der Waals surface area contributed by atoms with E-state index in [1.165, 1.54) is 25.3 Å². The van der Waals surface area contributed by atoms with Crippen LogP contribution in [0.5, 0.6) is 17.2 Å². The maximum absolute atomic E-state index is 15.0.